The largest absolute Gasteiger partial charge is 0.478 e. The van der Waals surface area contributed by atoms with E-state index in [-0.39, 0.29) is 23.1 Å². The summed E-state index contributed by atoms with van der Waals surface area (Å²) in [5.74, 6) is -1.15. The summed E-state index contributed by atoms with van der Waals surface area (Å²) in [5.41, 5.74) is 5.45. The number of aromatic carboxylic acids is 1. The maximum Gasteiger partial charge on any atom is 0.411 e. The molecule has 0 atom stereocenters. The molecule has 0 saturated heterocycles. The summed E-state index contributed by atoms with van der Waals surface area (Å²) < 4.78 is 5.51. The van der Waals surface area contributed by atoms with Gasteiger partial charge in [0.1, 0.15) is 6.61 Å². The number of carbonyl (C=O) groups is 2. The molecule has 3 aromatic rings. The second-order valence-electron chi connectivity index (χ2n) is 6.86. The molecule has 0 fully saturated rings. The Kier molecular flexibility index (Phi) is 4.99. The van der Waals surface area contributed by atoms with Gasteiger partial charge in [-0.05, 0) is 46.9 Å². The van der Waals surface area contributed by atoms with E-state index in [1.807, 2.05) is 24.3 Å². The first-order chi connectivity index (χ1) is 14.0. The summed E-state index contributed by atoms with van der Waals surface area (Å²) in [5, 5.41) is 11.9. The van der Waals surface area contributed by atoms with Crippen molar-refractivity contribution >= 4 is 29.4 Å². The van der Waals surface area contributed by atoms with E-state index in [1.54, 1.807) is 6.92 Å². The first kappa shape index (κ1) is 19.0. The Morgan fingerprint density at radius 3 is 2.17 bits per heavy atom. The molecule has 0 saturated carbocycles. The Morgan fingerprint density at radius 1 is 1.00 bits per heavy atom. The zero-order chi connectivity index (χ0) is 20.5. The van der Waals surface area contributed by atoms with E-state index >= 15 is 0 Å². The number of rotatable bonds is 4. The van der Waals surface area contributed by atoms with E-state index in [0.29, 0.717) is 11.3 Å². The van der Waals surface area contributed by atoms with E-state index in [1.165, 1.54) is 12.1 Å². The Bertz CT molecular complexity index is 1080. The normalized spacial score (nSPS) is 12.2. The summed E-state index contributed by atoms with van der Waals surface area (Å²) in [6.07, 6.45) is -0.617. The molecule has 1 aliphatic rings. The van der Waals surface area contributed by atoms with Gasteiger partial charge in [-0.1, -0.05) is 60.1 Å². The van der Waals surface area contributed by atoms with Crippen LogP contribution in [0.5, 0.6) is 0 Å². The Hall–Kier alpha value is -3.31. The molecular weight excluding hydrogens is 390 g/mol. The van der Waals surface area contributed by atoms with Crippen LogP contribution in [-0.2, 0) is 4.74 Å². The predicted octanol–water partition coefficient (Wildman–Crippen LogP) is 5.71. The number of carboxylic acid groups (broad SMARTS) is 1. The highest BCUT2D eigenvalue weighted by atomic mass is 35.5. The second-order valence-corrected chi connectivity index (χ2v) is 7.23. The van der Waals surface area contributed by atoms with E-state index in [0.717, 1.165) is 22.3 Å². The van der Waals surface area contributed by atoms with Crippen molar-refractivity contribution in [3.05, 3.63) is 87.9 Å². The number of hydrogen-bond acceptors (Lipinski definition) is 3. The fraction of sp³-hybridized carbons (Fsp3) is 0.130. The first-order valence-corrected chi connectivity index (χ1v) is 9.49. The van der Waals surface area contributed by atoms with Gasteiger partial charge in [0.25, 0.3) is 0 Å². The van der Waals surface area contributed by atoms with Crippen molar-refractivity contribution in [1.82, 2.24) is 0 Å². The van der Waals surface area contributed by atoms with Gasteiger partial charge in [-0.25, -0.2) is 9.59 Å². The minimum atomic E-state index is -1.12. The molecule has 3 aromatic carbocycles. The summed E-state index contributed by atoms with van der Waals surface area (Å²) in [4.78, 5) is 23.5. The molecule has 0 unspecified atom stereocenters. The molecule has 0 radical (unpaired) electrons. The topological polar surface area (TPSA) is 75.6 Å². The molecule has 1 aliphatic carbocycles. The third-order valence-electron chi connectivity index (χ3n) is 5.20. The molecule has 6 heteroatoms. The zero-order valence-corrected chi connectivity index (χ0v) is 16.4. The van der Waals surface area contributed by atoms with Crippen LogP contribution in [0.25, 0.3) is 11.1 Å². The average Bonchev–Trinajstić information content (AvgIpc) is 3.03. The number of fused-ring (bicyclic) bond motifs is 3. The van der Waals surface area contributed by atoms with Gasteiger partial charge in [-0.2, -0.15) is 0 Å². The van der Waals surface area contributed by atoms with Gasteiger partial charge < -0.3 is 9.84 Å². The molecule has 29 heavy (non-hydrogen) atoms. The van der Waals surface area contributed by atoms with Gasteiger partial charge in [0.2, 0.25) is 0 Å². The molecule has 2 N–H and O–H groups in total. The number of benzene rings is 3. The molecule has 0 spiro atoms. The van der Waals surface area contributed by atoms with Crippen molar-refractivity contribution in [3.63, 3.8) is 0 Å². The van der Waals surface area contributed by atoms with Crippen molar-refractivity contribution in [2.24, 2.45) is 0 Å². The number of amides is 1. The molecule has 146 valence electrons. The number of halogens is 1. The summed E-state index contributed by atoms with van der Waals surface area (Å²) >= 11 is 6.10. The lowest BCUT2D eigenvalue weighted by atomic mass is 9.98. The Balaban J connectivity index is 1.50. The molecule has 0 bridgehead atoms. The highest BCUT2D eigenvalue weighted by molar-refractivity contribution is 6.34. The summed E-state index contributed by atoms with van der Waals surface area (Å²) in [6.45, 7) is 1.84. The van der Waals surface area contributed by atoms with Crippen LogP contribution < -0.4 is 5.32 Å². The van der Waals surface area contributed by atoms with Gasteiger partial charge in [-0.3, -0.25) is 5.32 Å². The molecule has 0 heterocycles. The van der Waals surface area contributed by atoms with Gasteiger partial charge in [0.15, 0.2) is 0 Å². The molecular formula is C23H18ClNO4. The lowest BCUT2D eigenvalue weighted by Gasteiger charge is -2.16. The number of carboxylic acids is 1. The van der Waals surface area contributed by atoms with E-state index < -0.39 is 12.1 Å². The van der Waals surface area contributed by atoms with Gasteiger partial charge in [0, 0.05) is 11.6 Å². The van der Waals surface area contributed by atoms with Gasteiger partial charge in [-0.15, -0.1) is 0 Å². The second kappa shape index (κ2) is 7.60. The van der Waals surface area contributed by atoms with Crippen LogP contribution in [0, 0.1) is 6.92 Å². The fourth-order valence-electron chi connectivity index (χ4n) is 3.73. The van der Waals surface area contributed by atoms with Crippen LogP contribution in [-0.4, -0.2) is 23.8 Å². The molecule has 4 rings (SSSR count). The lowest BCUT2D eigenvalue weighted by molar-refractivity contribution is 0.0697. The summed E-state index contributed by atoms with van der Waals surface area (Å²) in [6, 6.07) is 19.1. The molecule has 0 aliphatic heterocycles. The number of anilines is 1. The van der Waals surface area contributed by atoms with Gasteiger partial charge >= 0.3 is 12.1 Å². The monoisotopic (exact) mass is 407 g/mol. The third-order valence-corrected chi connectivity index (χ3v) is 5.68. The Labute approximate surface area is 172 Å². The maximum atomic E-state index is 12.4. The third kappa shape index (κ3) is 3.45. The zero-order valence-electron chi connectivity index (χ0n) is 15.6. The van der Waals surface area contributed by atoms with Gasteiger partial charge in [0.05, 0.1) is 10.6 Å². The van der Waals surface area contributed by atoms with Crippen LogP contribution >= 0.6 is 11.6 Å². The Morgan fingerprint density at radius 2 is 1.59 bits per heavy atom. The van der Waals surface area contributed by atoms with E-state index in [2.05, 4.69) is 29.6 Å². The highest BCUT2D eigenvalue weighted by Crippen LogP contribution is 2.44. The number of nitrogens with one attached hydrogen (secondary N) is 1. The minimum Gasteiger partial charge on any atom is -0.478 e. The predicted molar refractivity (Wildman–Crippen MR) is 112 cm³/mol. The quantitative estimate of drug-likeness (QED) is 0.581. The van der Waals surface area contributed by atoms with Crippen molar-refractivity contribution in [2.45, 2.75) is 12.8 Å². The van der Waals surface area contributed by atoms with Crippen molar-refractivity contribution in [1.29, 1.82) is 0 Å². The van der Waals surface area contributed by atoms with E-state index in [4.69, 9.17) is 21.4 Å². The average molecular weight is 408 g/mol. The standard InChI is InChI=1S/C23H18ClNO4/c1-13-20(11-10-18(21(13)24)22(26)27)25-23(28)29-12-19-16-8-4-2-6-14(16)15-7-3-5-9-17(15)19/h2-11,19H,12H2,1H3,(H,25,28)(H,26,27). The van der Waals surface area contributed by atoms with Crippen molar-refractivity contribution in [2.75, 3.05) is 11.9 Å². The molecule has 1 amide bonds. The lowest BCUT2D eigenvalue weighted by Crippen LogP contribution is -2.18. The van der Waals surface area contributed by atoms with E-state index in [9.17, 15) is 9.59 Å². The number of ether oxygens (including phenoxy) is 1. The minimum absolute atomic E-state index is 0.0118. The number of carbonyl (C=O) groups excluding carboxylic acids is 1. The summed E-state index contributed by atoms with van der Waals surface area (Å²) in [7, 11) is 0. The van der Waals surface area contributed by atoms with Crippen LogP contribution in [0.4, 0.5) is 10.5 Å². The molecule has 0 aromatic heterocycles. The maximum absolute atomic E-state index is 12.4. The highest BCUT2D eigenvalue weighted by Gasteiger charge is 2.29. The van der Waals surface area contributed by atoms with Crippen LogP contribution in [0.15, 0.2) is 60.7 Å². The van der Waals surface area contributed by atoms with Crippen molar-refractivity contribution in [3.8, 4) is 11.1 Å². The van der Waals surface area contributed by atoms with Crippen LogP contribution in [0.1, 0.15) is 33.0 Å². The number of hydrogen-bond donors (Lipinski definition) is 2. The smallest absolute Gasteiger partial charge is 0.411 e. The van der Waals surface area contributed by atoms with Crippen molar-refractivity contribution < 1.29 is 19.4 Å². The first-order valence-electron chi connectivity index (χ1n) is 9.11. The SMILES string of the molecule is Cc1c(NC(=O)OCC2c3ccccc3-c3ccccc32)ccc(C(=O)O)c1Cl. The fourth-order valence-corrected chi connectivity index (χ4v) is 3.98. The van der Waals surface area contributed by atoms with Crippen LogP contribution in [0.3, 0.4) is 0 Å². The van der Waals surface area contributed by atoms with Crippen LogP contribution in [0.2, 0.25) is 5.02 Å². The molecule has 5 nitrogen and oxygen atoms in total.